The lowest BCUT2D eigenvalue weighted by atomic mass is 9.84. The Balaban J connectivity index is 2.12. The first-order chi connectivity index (χ1) is 12.1. The van der Waals surface area contributed by atoms with Crippen LogP contribution in [0.5, 0.6) is 5.75 Å². The zero-order valence-corrected chi connectivity index (χ0v) is 13.6. The molecule has 1 atom stereocenters. The SMILES string of the molecule is N#CC1=C(N)Oc2c(c(=O)oc3ccccc23)[C@@H]1c1ccccc1Cl. The van der Waals surface area contributed by atoms with E-state index in [2.05, 4.69) is 0 Å². The molecule has 0 bridgehead atoms. The molecule has 0 saturated carbocycles. The molecule has 0 amide bonds. The third-order valence-corrected chi connectivity index (χ3v) is 4.53. The zero-order valence-electron chi connectivity index (χ0n) is 12.8. The van der Waals surface area contributed by atoms with Crippen molar-refractivity contribution in [3.8, 4) is 11.8 Å². The van der Waals surface area contributed by atoms with E-state index in [0.717, 1.165) is 0 Å². The van der Waals surface area contributed by atoms with Crippen LogP contribution in [0.3, 0.4) is 0 Å². The highest BCUT2D eigenvalue weighted by Crippen LogP contribution is 2.44. The van der Waals surface area contributed by atoms with Crippen molar-refractivity contribution in [2.75, 3.05) is 0 Å². The number of allylic oxidation sites excluding steroid dienone is 1. The van der Waals surface area contributed by atoms with Crippen LogP contribution in [0, 0.1) is 11.3 Å². The topological polar surface area (TPSA) is 89.3 Å². The molecule has 25 heavy (non-hydrogen) atoms. The van der Waals surface area contributed by atoms with Crippen molar-refractivity contribution >= 4 is 22.6 Å². The lowest BCUT2D eigenvalue weighted by Crippen LogP contribution is -2.26. The van der Waals surface area contributed by atoms with Gasteiger partial charge in [0.1, 0.15) is 17.2 Å². The van der Waals surface area contributed by atoms with Crippen molar-refractivity contribution in [3.63, 3.8) is 0 Å². The summed E-state index contributed by atoms with van der Waals surface area (Å²) >= 11 is 6.32. The van der Waals surface area contributed by atoms with Crippen LogP contribution in [0.25, 0.3) is 11.0 Å². The van der Waals surface area contributed by atoms with E-state index in [9.17, 15) is 10.1 Å². The Morgan fingerprint density at radius 1 is 1.12 bits per heavy atom. The highest BCUT2D eigenvalue weighted by atomic mass is 35.5. The minimum atomic E-state index is -0.747. The van der Waals surface area contributed by atoms with E-state index >= 15 is 0 Å². The second-order valence-electron chi connectivity index (χ2n) is 5.57. The van der Waals surface area contributed by atoms with Crippen LogP contribution in [-0.4, -0.2) is 0 Å². The third-order valence-electron chi connectivity index (χ3n) is 4.19. The molecule has 6 heteroatoms. The van der Waals surface area contributed by atoms with Crippen LogP contribution < -0.4 is 16.1 Å². The van der Waals surface area contributed by atoms with Crippen LogP contribution in [0.15, 0.2) is 69.2 Å². The number of hydrogen-bond donors (Lipinski definition) is 1. The van der Waals surface area contributed by atoms with Gasteiger partial charge in [-0.15, -0.1) is 0 Å². The number of ether oxygens (including phenoxy) is 1. The number of rotatable bonds is 1. The van der Waals surface area contributed by atoms with Crippen LogP contribution in [0.2, 0.25) is 5.02 Å². The van der Waals surface area contributed by atoms with E-state index in [1.165, 1.54) is 0 Å². The predicted octanol–water partition coefficient (Wildman–Crippen LogP) is 3.66. The molecule has 0 spiro atoms. The van der Waals surface area contributed by atoms with Crippen molar-refractivity contribution in [3.05, 3.63) is 86.6 Å². The minimum absolute atomic E-state index is 0.0457. The summed E-state index contributed by atoms with van der Waals surface area (Å²) in [6, 6.07) is 16.0. The van der Waals surface area contributed by atoms with Crippen molar-refractivity contribution in [1.82, 2.24) is 0 Å². The van der Waals surface area contributed by atoms with Crippen molar-refractivity contribution in [2.45, 2.75) is 5.92 Å². The molecule has 2 aromatic carbocycles. The monoisotopic (exact) mass is 350 g/mol. The van der Waals surface area contributed by atoms with Gasteiger partial charge in [0.2, 0.25) is 5.88 Å². The van der Waals surface area contributed by atoms with Gasteiger partial charge in [0.25, 0.3) is 0 Å². The fourth-order valence-corrected chi connectivity index (χ4v) is 3.33. The maximum atomic E-state index is 12.7. The normalized spacial score (nSPS) is 16.2. The number of fused-ring (bicyclic) bond motifs is 3. The Morgan fingerprint density at radius 3 is 2.60 bits per heavy atom. The molecular weight excluding hydrogens is 340 g/mol. The van der Waals surface area contributed by atoms with Gasteiger partial charge in [-0.3, -0.25) is 0 Å². The molecule has 0 unspecified atom stereocenters. The fraction of sp³-hybridized carbons (Fsp3) is 0.0526. The summed E-state index contributed by atoms with van der Waals surface area (Å²) in [6.07, 6.45) is 0. The standard InChI is InChI=1S/C19H11ClN2O3/c20-13-7-3-1-5-10(13)15-12(9-21)18(22)25-17-11-6-2-4-8-14(11)24-19(23)16(15)17/h1-8,15H,22H2/t15-/m1/s1. The van der Waals surface area contributed by atoms with Crippen molar-refractivity contribution in [1.29, 1.82) is 5.26 Å². The summed E-state index contributed by atoms with van der Waals surface area (Å²) in [4.78, 5) is 12.7. The van der Waals surface area contributed by atoms with Crippen LogP contribution in [0.4, 0.5) is 0 Å². The fourth-order valence-electron chi connectivity index (χ4n) is 3.09. The first-order valence-electron chi connectivity index (χ1n) is 7.49. The Hall–Kier alpha value is -3.23. The summed E-state index contributed by atoms with van der Waals surface area (Å²) in [5.41, 5.74) is 6.73. The van der Waals surface area contributed by atoms with E-state index in [1.54, 1.807) is 48.5 Å². The number of halogens is 1. The van der Waals surface area contributed by atoms with Gasteiger partial charge >= 0.3 is 5.63 Å². The second-order valence-corrected chi connectivity index (χ2v) is 5.98. The molecule has 2 N–H and O–H groups in total. The maximum Gasteiger partial charge on any atom is 0.344 e. The first kappa shape index (κ1) is 15.3. The van der Waals surface area contributed by atoms with Gasteiger partial charge in [0.15, 0.2) is 5.75 Å². The van der Waals surface area contributed by atoms with Crippen molar-refractivity contribution < 1.29 is 9.15 Å². The van der Waals surface area contributed by atoms with Gasteiger partial charge in [-0.25, -0.2) is 4.79 Å². The number of nitriles is 1. The third kappa shape index (κ3) is 2.27. The van der Waals surface area contributed by atoms with Crippen LogP contribution in [0.1, 0.15) is 17.0 Å². The Kier molecular flexibility index (Phi) is 3.48. The Labute approximate surface area is 147 Å². The number of benzene rings is 2. The Bertz CT molecular complexity index is 1140. The van der Waals surface area contributed by atoms with Gasteiger partial charge in [0, 0.05) is 5.02 Å². The average Bonchev–Trinajstić information content (AvgIpc) is 2.61. The molecule has 0 aliphatic carbocycles. The van der Waals surface area contributed by atoms with Gasteiger partial charge < -0.3 is 14.9 Å². The van der Waals surface area contributed by atoms with Crippen LogP contribution >= 0.6 is 11.6 Å². The molecule has 0 radical (unpaired) electrons. The molecule has 0 fully saturated rings. The summed E-state index contributed by atoms with van der Waals surface area (Å²) in [7, 11) is 0. The largest absolute Gasteiger partial charge is 0.439 e. The lowest BCUT2D eigenvalue weighted by Gasteiger charge is -2.26. The van der Waals surface area contributed by atoms with E-state index < -0.39 is 11.5 Å². The van der Waals surface area contributed by atoms with E-state index in [-0.39, 0.29) is 17.0 Å². The van der Waals surface area contributed by atoms with Crippen LogP contribution in [-0.2, 0) is 0 Å². The Morgan fingerprint density at radius 2 is 1.84 bits per heavy atom. The molecule has 2 heterocycles. The molecule has 1 aliphatic rings. The molecular formula is C19H11ClN2O3. The van der Waals surface area contributed by atoms with E-state index in [1.807, 2.05) is 6.07 Å². The van der Waals surface area contributed by atoms with Gasteiger partial charge in [0.05, 0.1) is 16.9 Å². The molecule has 1 aliphatic heterocycles. The number of nitrogens with zero attached hydrogens (tertiary/aromatic N) is 1. The van der Waals surface area contributed by atoms with E-state index in [4.69, 9.17) is 26.5 Å². The molecule has 1 aromatic heterocycles. The number of hydrogen-bond acceptors (Lipinski definition) is 5. The molecule has 0 saturated heterocycles. The summed E-state index contributed by atoms with van der Waals surface area (Å²) in [5.74, 6) is -0.493. The summed E-state index contributed by atoms with van der Waals surface area (Å²) in [6.45, 7) is 0. The molecule has 4 rings (SSSR count). The smallest absolute Gasteiger partial charge is 0.344 e. The quantitative estimate of drug-likeness (QED) is 0.676. The van der Waals surface area contributed by atoms with Crippen molar-refractivity contribution in [2.24, 2.45) is 5.73 Å². The number of para-hydroxylation sites is 1. The highest BCUT2D eigenvalue weighted by molar-refractivity contribution is 6.31. The molecule has 5 nitrogen and oxygen atoms in total. The summed E-state index contributed by atoms with van der Waals surface area (Å²) < 4.78 is 11.1. The highest BCUT2D eigenvalue weighted by Gasteiger charge is 2.36. The second kappa shape index (κ2) is 5.69. The lowest BCUT2D eigenvalue weighted by molar-refractivity contribution is 0.388. The van der Waals surface area contributed by atoms with E-state index in [0.29, 0.717) is 27.3 Å². The van der Waals surface area contributed by atoms with Gasteiger partial charge in [-0.05, 0) is 23.8 Å². The van der Waals surface area contributed by atoms with Gasteiger partial charge in [-0.1, -0.05) is 41.9 Å². The minimum Gasteiger partial charge on any atom is -0.439 e. The molecule has 122 valence electrons. The average molecular weight is 351 g/mol. The van der Waals surface area contributed by atoms with Gasteiger partial charge in [-0.2, -0.15) is 5.26 Å². The first-order valence-corrected chi connectivity index (χ1v) is 7.87. The predicted molar refractivity (Wildman–Crippen MR) is 93.2 cm³/mol. The maximum absolute atomic E-state index is 12.7. The zero-order chi connectivity index (χ0) is 17.6. The number of nitrogens with two attached hydrogens (primary N) is 1. The summed E-state index contributed by atoms with van der Waals surface area (Å²) in [5, 5.41) is 10.6. The molecule has 3 aromatic rings.